The molecule has 5 heteroatoms. The smallest absolute Gasteiger partial charge is 0.151 e. The van der Waals surface area contributed by atoms with E-state index >= 15 is 0 Å². The Morgan fingerprint density at radius 2 is 2.21 bits per heavy atom. The second-order valence-electron chi connectivity index (χ2n) is 3.89. The molecule has 1 atom stereocenters. The minimum atomic E-state index is -2.73. The van der Waals surface area contributed by atoms with Crippen LogP contribution in [0.25, 0.3) is 0 Å². The molecule has 0 aromatic carbocycles. The molecule has 14 heavy (non-hydrogen) atoms. The van der Waals surface area contributed by atoms with E-state index in [2.05, 4.69) is 17.1 Å². The first-order valence-electron chi connectivity index (χ1n) is 5.16. The molecular weight excluding hydrogens is 200 g/mol. The van der Waals surface area contributed by atoms with Gasteiger partial charge in [0.15, 0.2) is 9.84 Å². The van der Waals surface area contributed by atoms with Crippen molar-refractivity contribution in [1.82, 2.24) is 10.2 Å². The highest BCUT2D eigenvalue weighted by molar-refractivity contribution is 7.91. The summed E-state index contributed by atoms with van der Waals surface area (Å²) >= 11 is 0. The Morgan fingerprint density at radius 3 is 2.71 bits per heavy atom. The molecule has 1 heterocycles. The van der Waals surface area contributed by atoms with Crippen LogP contribution in [0.15, 0.2) is 0 Å². The molecule has 1 aliphatic heterocycles. The molecule has 0 bridgehead atoms. The Labute approximate surface area is 86.6 Å². The van der Waals surface area contributed by atoms with Crippen molar-refractivity contribution in [3.8, 4) is 0 Å². The lowest BCUT2D eigenvalue weighted by atomic mass is 10.2. The van der Waals surface area contributed by atoms with Crippen molar-refractivity contribution in [2.45, 2.75) is 19.4 Å². The SMILES string of the molecule is CCNCCN(C)C1CCS(=O)(=O)C1. The first-order valence-corrected chi connectivity index (χ1v) is 6.98. The lowest BCUT2D eigenvalue weighted by molar-refractivity contribution is 0.262. The third-order valence-corrected chi connectivity index (χ3v) is 4.47. The van der Waals surface area contributed by atoms with Gasteiger partial charge in [0.25, 0.3) is 0 Å². The van der Waals surface area contributed by atoms with Crippen LogP contribution in [0, 0.1) is 0 Å². The van der Waals surface area contributed by atoms with Crippen LogP contribution in [0.3, 0.4) is 0 Å². The van der Waals surface area contributed by atoms with E-state index in [4.69, 9.17) is 0 Å². The minimum Gasteiger partial charge on any atom is -0.316 e. The molecule has 4 nitrogen and oxygen atoms in total. The summed E-state index contributed by atoms with van der Waals surface area (Å²) in [4.78, 5) is 2.15. The number of nitrogens with one attached hydrogen (secondary N) is 1. The second-order valence-corrected chi connectivity index (χ2v) is 6.12. The maximum absolute atomic E-state index is 11.2. The fourth-order valence-electron chi connectivity index (χ4n) is 1.74. The minimum absolute atomic E-state index is 0.235. The molecule has 1 unspecified atom stereocenters. The first-order chi connectivity index (χ1) is 6.55. The van der Waals surface area contributed by atoms with Gasteiger partial charge in [-0.05, 0) is 20.0 Å². The highest BCUT2D eigenvalue weighted by Crippen LogP contribution is 2.15. The van der Waals surface area contributed by atoms with E-state index < -0.39 is 9.84 Å². The molecule has 1 N–H and O–H groups in total. The van der Waals surface area contributed by atoms with Crippen LogP contribution in [0.1, 0.15) is 13.3 Å². The van der Waals surface area contributed by atoms with E-state index in [1.54, 1.807) is 0 Å². The predicted octanol–water partition coefficient (Wildman–Crippen LogP) is -0.285. The van der Waals surface area contributed by atoms with Crippen LogP contribution in [0.5, 0.6) is 0 Å². The molecule has 84 valence electrons. The fourth-order valence-corrected chi connectivity index (χ4v) is 3.54. The van der Waals surface area contributed by atoms with Gasteiger partial charge in [0.1, 0.15) is 0 Å². The molecule has 0 aliphatic carbocycles. The fraction of sp³-hybridized carbons (Fsp3) is 1.00. The van der Waals surface area contributed by atoms with Crippen LogP contribution in [-0.4, -0.2) is 57.5 Å². The molecule has 1 saturated heterocycles. The van der Waals surface area contributed by atoms with Gasteiger partial charge < -0.3 is 10.2 Å². The Bertz CT molecular complexity index is 264. The van der Waals surface area contributed by atoms with Crippen molar-refractivity contribution in [2.24, 2.45) is 0 Å². The average molecular weight is 220 g/mol. The van der Waals surface area contributed by atoms with Gasteiger partial charge in [-0.3, -0.25) is 0 Å². The normalized spacial score (nSPS) is 25.8. The second kappa shape index (κ2) is 5.09. The molecule has 1 fully saturated rings. The maximum Gasteiger partial charge on any atom is 0.151 e. The molecule has 0 spiro atoms. The van der Waals surface area contributed by atoms with Crippen LogP contribution < -0.4 is 5.32 Å². The summed E-state index contributed by atoms with van der Waals surface area (Å²) in [6.45, 7) is 4.90. The lowest BCUT2D eigenvalue weighted by Gasteiger charge is -2.22. The molecular formula is C9H20N2O2S. The lowest BCUT2D eigenvalue weighted by Crippen LogP contribution is -2.37. The van der Waals surface area contributed by atoms with Gasteiger partial charge in [-0.2, -0.15) is 0 Å². The van der Waals surface area contributed by atoms with Gasteiger partial charge in [-0.25, -0.2) is 8.42 Å². The van der Waals surface area contributed by atoms with Crippen molar-refractivity contribution in [3.05, 3.63) is 0 Å². The van der Waals surface area contributed by atoms with E-state index in [0.29, 0.717) is 11.5 Å². The summed E-state index contributed by atoms with van der Waals surface area (Å²) in [5.74, 6) is 0.707. The Morgan fingerprint density at radius 1 is 1.50 bits per heavy atom. The van der Waals surface area contributed by atoms with E-state index in [1.165, 1.54) is 0 Å². The quantitative estimate of drug-likeness (QED) is 0.647. The molecule has 0 aromatic rings. The number of hydrogen-bond acceptors (Lipinski definition) is 4. The number of rotatable bonds is 5. The Kier molecular flexibility index (Phi) is 4.34. The third-order valence-electron chi connectivity index (χ3n) is 2.72. The largest absolute Gasteiger partial charge is 0.316 e. The summed E-state index contributed by atoms with van der Waals surface area (Å²) in [5.41, 5.74) is 0. The van der Waals surface area contributed by atoms with Gasteiger partial charge in [-0.15, -0.1) is 0 Å². The summed E-state index contributed by atoms with van der Waals surface area (Å²) in [6, 6.07) is 0.235. The molecule has 0 amide bonds. The standard InChI is InChI=1S/C9H20N2O2S/c1-3-10-5-6-11(2)9-4-7-14(12,13)8-9/h9-10H,3-8H2,1-2H3. The summed E-state index contributed by atoms with van der Waals surface area (Å²) < 4.78 is 22.5. The van der Waals surface area contributed by atoms with E-state index in [9.17, 15) is 8.42 Å². The predicted molar refractivity (Wildman–Crippen MR) is 58.2 cm³/mol. The number of hydrogen-bond donors (Lipinski definition) is 1. The molecule has 1 rings (SSSR count). The first kappa shape index (κ1) is 11.9. The van der Waals surface area contributed by atoms with Crippen LogP contribution >= 0.6 is 0 Å². The summed E-state index contributed by atoms with van der Waals surface area (Å²) in [7, 11) is -0.730. The molecule has 0 saturated carbocycles. The zero-order valence-corrected chi connectivity index (χ0v) is 9.81. The average Bonchev–Trinajstić information content (AvgIpc) is 2.46. The highest BCUT2D eigenvalue weighted by Gasteiger charge is 2.30. The summed E-state index contributed by atoms with van der Waals surface area (Å²) in [6.07, 6.45) is 0.797. The van der Waals surface area contributed by atoms with Crippen LogP contribution in [0.4, 0.5) is 0 Å². The molecule has 0 radical (unpaired) electrons. The number of likely N-dealkylation sites (N-methyl/N-ethyl adjacent to an activating group) is 2. The summed E-state index contributed by atoms with van der Waals surface area (Å²) in [5, 5.41) is 3.23. The number of nitrogens with zero attached hydrogens (tertiary/aromatic N) is 1. The van der Waals surface area contributed by atoms with Crippen molar-refractivity contribution < 1.29 is 8.42 Å². The van der Waals surface area contributed by atoms with Crippen molar-refractivity contribution in [1.29, 1.82) is 0 Å². The Balaban J connectivity index is 2.29. The monoisotopic (exact) mass is 220 g/mol. The number of sulfone groups is 1. The van der Waals surface area contributed by atoms with Gasteiger partial charge in [0.2, 0.25) is 0 Å². The van der Waals surface area contributed by atoms with Gasteiger partial charge in [0, 0.05) is 19.1 Å². The van der Waals surface area contributed by atoms with E-state index in [0.717, 1.165) is 26.1 Å². The van der Waals surface area contributed by atoms with Gasteiger partial charge in [-0.1, -0.05) is 6.92 Å². The van der Waals surface area contributed by atoms with Crippen LogP contribution in [-0.2, 0) is 9.84 Å². The molecule has 1 aliphatic rings. The topological polar surface area (TPSA) is 49.4 Å². The van der Waals surface area contributed by atoms with Crippen molar-refractivity contribution in [3.63, 3.8) is 0 Å². The highest BCUT2D eigenvalue weighted by atomic mass is 32.2. The maximum atomic E-state index is 11.2. The van der Waals surface area contributed by atoms with Crippen LogP contribution in [0.2, 0.25) is 0 Å². The third kappa shape index (κ3) is 3.55. The zero-order valence-electron chi connectivity index (χ0n) is 8.99. The van der Waals surface area contributed by atoms with Gasteiger partial charge >= 0.3 is 0 Å². The van der Waals surface area contributed by atoms with Crippen molar-refractivity contribution in [2.75, 3.05) is 38.2 Å². The van der Waals surface area contributed by atoms with Crippen molar-refractivity contribution >= 4 is 9.84 Å². The van der Waals surface area contributed by atoms with E-state index in [-0.39, 0.29) is 6.04 Å². The zero-order chi connectivity index (χ0) is 10.6. The molecule has 0 aromatic heterocycles. The van der Waals surface area contributed by atoms with Gasteiger partial charge in [0.05, 0.1) is 11.5 Å². The Hall–Kier alpha value is -0.130. The van der Waals surface area contributed by atoms with E-state index in [1.807, 2.05) is 7.05 Å².